The molecule has 294 valence electrons. The molecule has 2 aliphatic heterocycles. The average Bonchev–Trinajstić information content (AvgIpc) is 3.61. The van der Waals surface area contributed by atoms with Gasteiger partial charge in [-0.15, -0.1) is 0 Å². The van der Waals surface area contributed by atoms with Gasteiger partial charge < -0.3 is 46.4 Å². The second-order valence-electron chi connectivity index (χ2n) is 14.9. The molecule has 1 aliphatic carbocycles. The molecule has 3 aliphatic rings. The summed E-state index contributed by atoms with van der Waals surface area (Å²) in [5.74, 6) is -5.48. The van der Waals surface area contributed by atoms with Crippen molar-refractivity contribution in [3.63, 3.8) is 0 Å². The first-order valence-corrected chi connectivity index (χ1v) is 19.0. The number of likely N-dealkylation sites (tertiary alicyclic amines) is 2. The quantitative estimate of drug-likeness (QED) is 0.107. The molecule has 6 amide bonds. The Morgan fingerprint density at radius 3 is 1.87 bits per heavy atom. The number of piperidine rings is 1. The van der Waals surface area contributed by atoms with Gasteiger partial charge in [0, 0.05) is 19.6 Å². The number of hydrogen-bond acceptors (Lipinski definition) is 9. The number of carbonyl (C=O) groups is 7. The van der Waals surface area contributed by atoms with Crippen molar-refractivity contribution < 1.29 is 48.9 Å². The van der Waals surface area contributed by atoms with Gasteiger partial charge in [-0.05, 0) is 63.7 Å². The molecular formula is C36H60N6O10. The highest BCUT2D eigenvalue weighted by Gasteiger charge is 2.43. The number of aliphatic carboxylic acids is 1. The highest BCUT2D eigenvalue weighted by molar-refractivity contribution is 5.98. The van der Waals surface area contributed by atoms with Crippen LogP contribution in [-0.4, -0.2) is 129 Å². The van der Waals surface area contributed by atoms with E-state index in [-0.39, 0.29) is 37.8 Å². The minimum absolute atomic E-state index is 0.0979. The van der Waals surface area contributed by atoms with Gasteiger partial charge in [0.15, 0.2) is 0 Å². The van der Waals surface area contributed by atoms with Crippen molar-refractivity contribution in [3.05, 3.63) is 0 Å². The van der Waals surface area contributed by atoms with E-state index in [0.717, 1.165) is 32.1 Å². The van der Waals surface area contributed by atoms with Crippen molar-refractivity contribution in [1.29, 1.82) is 0 Å². The van der Waals surface area contributed by atoms with E-state index in [9.17, 15) is 48.9 Å². The lowest BCUT2D eigenvalue weighted by Crippen LogP contribution is -2.62. The van der Waals surface area contributed by atoms with Crippen LogP contribution in [0.5, 0.6) is 0 Å². The van der Waals surface area contributed by atoms with Gasteiger partial charge in [0.05, 0.1) is 12.5 Å². The van der Waals surface area contributed by atoms with E-state index >= 15 is 0 Å². The zero-order valence-corrected chi connectivity index (χ0v) is 31.1. The van der Waals surface area contributed by atoms with Gasteiger partial charge in [-0.3, -0.25) is 33.6 Å². The Balaban J connectivity index is 1.73. The van der Waals surface area contributed by atoms with Gasteiger partial charge >= 0.3 is 5.97 Å². The monoisotopic (exact) mass is 736 g/mol. The predicted molar refractivity (Wildman–Crippen MR) is 189 cm³/mol. The lowest BCUT2D eigenvalue weighted by molar-refractivity contribution is -0.150. The zero-order chi connectivity index (χ0) is 38.5. The first-order chi connectivity index (χ1) is 24.7. The van der Waals surface area contributed by atoms with E-state index in [1.54, 1.807) is 13.8 Å². The first kappa shape index (κ1) is 42.6. The van der Waals surface area contributed by atoms with Crippen LogP contribution in [0.2, 0.25) is 0 Å². The van der Waals surface area contributed by atoms with Crippen LogP contribution in [0.15, 0.2) is 0 Å². The molecule has 52 heavy (non-hydrogen) atoms. The molecule has 2 heterocycles. The molecule has 0 bridgehead atoms. The van der Waals surface area contributed by atoms with Crippen LogP contribution in [0.3, 0.4) is 0 Å². The van der Waals surface area contributed by atoms with Crippen LogP contribution >= 0.6 is 0 Å². The van der Waals surface area contributed by atoms with E-state index < -0.39 is 90.3 Å². The Hall–Kier alpha value is -3.79. The number of nitrogens with zero attached hydrogens (tertiary/aromatic N) is 2. The first-order valence-electron chi connectivity index (χ1n) is 19.0. The molecule has 7 N–H and O–H groups in total. The summed E-state index contributed by atoms with van der Waals surface area (Å²) < 4.78 is 0. The second-order valence-corrected chi connectivity index (χ2v) is 14.9. The van der Waals surface area contributed by atoms with Crippen molar-refractivity contribution in [1.82, 2.24) is 31.1 Å². The third-order valence-electron chi connectivity index (χ3n) is 10.3. The predicted octanol–water partition coefficient (Wildman–Crippen LogP) is 0.182. The smallest absolute Gasteiger partial charge is 0.305 e. The largest absolute Gasteiger partial charge is 0.481 e. The van der Waals surface area contributed by atoms with Crippen LogP contribution < -0.4 is 21.3 Å². The maximum absolute atomic E-state index is 14.0. The summed E-state index contributed by atoms with van der Waals surface area (Å²) in [5.41, 5.74) is 0. The van der Waals surface area contributed by atoms with Crippen molar-refractivity contribution in [3.8, 4) is 0 Å². The third-order valence-corrected chi connectivity index (χ3v) is 10.3. The molecule has 1 saturated carbocycles. The molecule has 0 aromatic heterocycles. The zero-order valence-electron chi connectivity index (χ0n) is 31.1. The Kier molecular flexibility index (Phi) is 16.8. The maximum atomic E-state index is 14.0. The van der Waals surface area contributed by atoms with E-state index in [2.05, 4.69) is 21.3 Å². The summed E-state index contributed by atoms with van der Waals surface area (Å²) in [6.07, 6.45) is 4.84. The molecule has 1 unspecified atom stereocenters. The molecular weight excluding hydrogens is 676 g/mol. The number of aliphatic hydroxyl groups excluding tert-OH is 2. The van der Waals surface area contributed by atoms with Gasteiger partial charge in [0.2, 0.25) is 35.4 Å². The Labute approximate surface area is 306 Å². The number of nitrogens with one attached hydrogen (secondary N) is 4. The molecule has 0 spiro atoms. The summed E-state index contributed by atoms with van der Waals surface area (Å²) in [4.78, 5) is 95.0. The van der Waals surface area contributed by atoms with Gasteiger partial charge in [0.1, 0.15) is 36.3 Å². The fraction of sp³-hybridized carbons (Fsp3) is 0.806. The lowest BCUT2D eigenvalue weighted by atomic mass is 9.85. The van der Waals surface area contributed by atoms with E-state index in [0.29, 0.717) is 38.6 Å². The molecule has 2 saturated heterocycles. The van der Waals surface area contributed by atoms with Crippen LogP contribution in [0.25, 0.3) is 0 Å². The lowest BCUT2D eigenvalue weighted by Gasteiger charge is -2.39. The number of hydrogen-bond donors (Lipinski definition) is 7. The SMILES string of the molecule is CCCNC(=O)[C@@H](NC(=O)[C@@H]1CCCN1C(=O)[C@H](CC(=O)O)NC(=O)[C@@H]1CCCCN1C(=O)[C@@H](NC(=O)[C@@H](O)CC1CCCCC1)C(C)C)C(C)O. The van der Waals surface area contributed by atoms with Crippen molar-refractivity contribution >= 4 is 41.4 Å². The minimum Gasteiger partial charge on any atom is -0.481 e. The fourth-order valence-corrected chi connectivity index (χ4v) is 7.41. The number of aliphatic hydroxyl groups is 2. The number of amides is 6. The van der Waals surface area contributed by atoms with Gasteiger partial charge in [-0.2, -0.15) is 0 Å². The summed E-state index contributed by atoms with van der Waals surface area (Å²) in [5, 5.41) is 40.9. The van der Waals surface area contributed by atoms with Gasteiger partial charge in [0.25, 0.3) is 0 Å². The maximum Gasteiger partial charge on any atom is 0.305 e. The van der Waals surface area contributed by atoms with E-state index in [1.165, 1.54) is 16.7 Å². The number of carboxylic acids is 1. The fourth-order valence-electron chi connectivity index (χ4n) is 7.41. The molecule has 0 aromatic carbocycles. The summed E-state index contributed by atoms with van der Waals surface area (Å²) >= 11 is 0. The molecule has 16 nitrogen and oxygen atoms in total. The molecule has 3 rings (SSSR count). The molecule has 0 radical (unpaired) electrons. The van der Waals surface area contributed by atoms with Crippen molar-refractivity contribution in [2.45, 2.75) is 154 Å². The van der Waals surface area contributed by atoms with Gasteiger partial charge in [-0.1, -0.05) is 52.9 Å². The number of carboxylic acid groups (broad SMARTS) is 1. The Bertz CT molecular complexity index is 1270. The van der Waals surface area contributed by atoms with E-state index in [1.807, 2.05) is 6.92 Å². The highest BCUT2D eigenvalue weighted by Crippen LogP contribution is 2.28. The summed E-state index contributed by atoms with van der Waals surface area (Å²) in [6, 6.07) is -6.00. The average molecular weight is 737 g/mol. The standard InChI is InChI=1S/C36H60N6O10/c1-5-16-37-34(50)30(22(4)43)40-32(48)26-15-11-18-41(26)35(51)24(20-28(45)46)38-31(47)25-14-9-10-17-42(25)36(52)29(21(2)3)39-33(49)27(44)19-23-12-7-6-8-13-23/h21-27,29-30,43-44H,5-20H2,1-4H3,(H,37,50)(H,38,47)(H,39,49)(H,40,48)(H,45,46)/t22?,24-,25-,26-,27-,29-,30-/m0/s1. The normalized spacial score (nSPS) is 22.4. The highest BCUT2D eigenvalue weighted by atomic mass is 16.4. The van der Waals surface area contributed by atoms with Crippen LogP contribution in [0.4, 0.5) is 0 Å². The molecule has 3 fully saturated rings. The van der Waals surface area contributed by atoms with Crippen molar-refractivity contribution in [2.75, 3.05) is 19.6 Å². The Morgan fingerprint density at radius 2 is 1.27 bits per heavy atom. The minimum atomic E-state index is -1.56. The second kappa shape index (κ2) is 20.5. The summed E-state index contributed by atoms with van der Waals surface area (Å²) in [6.45, 7) is 7.33. The number of rotatable bonds is 17. The van der Waals surface area contributed by atoms with E-state index in [4.69, 9.17) is 0 Å². The third kappa shape index (κ3) is 11.9. The summed E-state index contributed by atoms with van der Waals surface area (Å²) in [7, 11) is 0. The number of carbonyl (C=O) groups excluding carboxylic acids is 6. The molecule has 7 atom stereocenters. The van der Waals surface area contributed by atoms with Crippen molar-refractivity contribution in [2.24, 2.45) is 11.8 Å². The van der Waals surface area contributed by atoms with Crippen LogP contribution in [0.1, 0.15) is 111 Å². The molecule has 0 aromatic rings. The Morgan fingerprint density at radius 1 is 0.692 bits per heavy atom. The van der Waals surface area contributed by atoms with Crippen LogP contribution in [-0.2, 0) is 33.6 Å². The molecule has 16 heteroatoms. The topological polar surface area (TPSA) is 235 Å². The van der Waals surface area contributed by atoms with Gasteiger partial charge in [-0.25, -0.2) is 0 Å². The van der Waals surface area contributed by atoms with Crippen LogP contribution in [0, 0.1) is 11.8 Å².